The van der Waals surface area contributed by atoms with E-state index in [9.17, 15) is 9.90 Å². The van der Waals surface area contributed by atoms with Gasteiger partial charge in [-0.3, -0.25) is 4.79 Å². The monoisotopic (exact) mass is 312 g/mol. The molecule has 0 saturated heterocycles. The van der Waals surface area contributed by atoms with E-state index in [1.807, 2.05) is 6.08 Å². The molecule has 4 rings (SSSR count). The highest BCUT2D eigenvalue weighted by molar-refractivity contribution is 6.01. The van der Waals surface area contributed by atoms with Crippen LogP contribution in [0.25, 0.3) is 0 Å². The number of fused-ring (bicyclic) bond motifs is 5. The summed E-state index contributed by atoms with van der Waals surface area (Å²) in [5, 5.41) is 9.36. The van der Waals surface area contributed by atoms with Gasteiger partial charge in [-0.1, -0.05) is 37.1 Å². The standard InChI is InChI=1S/C21H28O2/c1-20-11-8-19-17(18(20)6-4-14(20)9-12-22)5-3-15-13-16(23)7-10-21(15,19)2/h7,9-10,13,17-19,22H,3-6,8,11-12H2,1-2H3/b14-9+/t17-,18-,19-,20+,21-/m0/s1. The van der Waals surface area contributed by atoms with E-state index in [-0.39, 0.29) is 17.8 Å². The molecule has 0 amide bonds. The number of carbonyl (C=O) groups is 1. The Balaban J connectivity index is 1.68. The first-order valence-corrected chi connectivity index (χ1v) is 9.23. The van der Waals surface area contributed by atoms with E-state index in [1.165, 1.54) is 43.3 Å². The highest BCUT2D eigenvalue weighted by atomic mass is 16.2. The Morgan fingerprint density at radius 3 is 2.83 bits per heavy atom. The lowest BCUT2D eigenvalue weighted by Gasteiger charge is -2.56. The molecule has 0 spiro atoms. The van der Waals surface area contributed by atoms with Gasteiger partial charge in [0.25, 0.3) is 0 Å². The zero-order valence-electron chi connectivity index (χ0n) is 14.3. The molecule has 3 saturated carbocycles. The van der Waals surface area contributed by atoms with Gasteiger partial charge < -0.3 is 5.11 Å². The maximum absolute atomic E-state index is 11.8. The maximum atomic E-state index is 11.8. The number of hydrogen-bond acceptors (Lipinski definition) is 2. The van der Waals surface area contributed by atoms with Crippen molar-refractivity contribution in [3.8, 4) is 0 Å². The molecule has 2 heteroatoms. The zero-order chi connectivity index (χ0) is 16.2. The fraction of sp³-hybridized carbons (Fsp3) is 0.667. The van der Waals surface area contributed by atoms with Crippen molar-refractivity contribution in [1.29, 1.82) is 0 Å². The van der Waals surface area contributed by atoms with Crippen LogP contribution in [0.15, 0.2) is 35.5 Å². The van der Waals surface area contributed by atoms with Crippen molar-refractivity contribution in [1.82, 2.24) is 0 Å². The van der Waals surface area contributed by atoms with Gasteiger partial charge in [0.05, 0.1) is 6.61 Å². The molecule has 0 aromatic rings. The molecule has 0 bridgehead atoms. The smallest absolute Gasteiger partial charge is 0.178 e. The van der Waals surface area contributed by atoms with Crippen molar-refractivity contribution >= 4 is 5.78 Å². The molecule has 3 fully saturated rings. The van der Waals surface area contributed by atoms with Gasteiger partial charge in [-0.2, -0.15) is 0 Å². The third kappa shape index (κ3) is 2.07. The predicted octanol–water partition coefficient (Wildman–Crippen LogP) is 4.21. The van der Waals surface area contributed by atoms with Gasteiger partial charge in [0, 0.05) is 5.41 Å². The van der Waals surface area contributed by atoms with Crippen molar-refractivity contribution < 1.29 is 9.90 Å². The second-order valence-electron chi connectivity index (χ2n) is 8.51. The van der Waals surface area contributed by atoms with E-state index in [0.717, 1.165) is 18.3 Å². The van der Waals surface area contributed by atoms with Gasteiger partial charge in [-0.25, -0.2) is 0 Å². The molecule has 0 aromatic heterocycles. The normalized spacial score (nSPS) is 47.1. The van der Waals surface area contributed by atoms with Gasteiger partial charge in [-0.05, 0) is 73.8 Å². The Hall–Kier alpha value is -1.15. The minimum Gasteiger partial charge on any atom is -0.392 e. The number of ketones is 1. The number of allylic oxidation sites excluding steroid dienone is 5. The highest BCUT2D eigenvalue weighted by Gasteiger charge is 2.56. The molecular formula is C21H28O2. The summed E-state index contributed by atoms with van der Waals surface area (Å²) in [4.78, 5) is 11.8. The fourth-order valence-corrected chi connectivity index (χ4v) is 6.49. The lowest BCUT2D eigenvalue weighted by molar-refractivity contribution is -0.111. The summed E-state index contributed by atoms with van der Waals surface area (Å²) in [5.41, 5.74) is 3.28. The molecule has 124 valence electrons. The first-order chi connectivity index (χ1) is 11.0. The largest absolute Gasteiger partial charge is 0.392 e. The molecule has 0 aromatic carbocycles. The SMILES string of the molecule is C[C@]12C=CC(=O)C=C1CC[C@@H]1[C@@H]2CC[C@]2(C)/C(=C/CO)CC[C@@H]12. The Morgan fingerprint density at radius 2 is 2.04 bits per heavy atom. The summed E-state index contributed by atoms with van der Waals surface area (Å²) in [6.45, 7) is 4.98. The second kappa shape index (κ2) is 5.17. The van der Waals surface area contributed by atoms with Gasteiger partial charge >= 0.3 is 0 Å². The van der Waals surface area contributed by atoms with Crippen molar-refractivity contribution in [2.75, 3.05) is 6.61 Å². The second-order valence-corrected chi connectivity index (χ2v) is 8.51. The Kier molecular flexibility index (Phi) is 3.46. The van der Waals surface area contributed by atoms with E-state index in [1.54, 1.807) is 6.08 Å². The van der Waals surface area contributed by atoms with Crippen LogP contribution in [-0.4, -0.2) is 17.5 Å². The average Bonchev–Trinajstić information content (AvgIpc) is 2.85. The van der Waals surface area contributed by atoms with Crippen LogP contribution in [0.3, 0.4) is 0 Å². The van der Waals surface area contributed by atoms with Gasteiger partial charge in [0.15, 0.2) is 5.78 Å². The molecule has 0 unspecified atom stereocenters. The minimum absolute atomic E-state index is 0.0988. The third-order valence-corrected chi connectivity index (χ3v) is 7.74. The number of aliphatic hydroxyl groups excluding tert-OH is 1. The van der Waals surface area contributed by atoms with Crippen molar-refractivity contribution in [2.45, 2.75) is 52.4 Å². The number of carbonyl (C=O) groups excluding carboxylic acids is 1. The van der Waals surface area contributed by atoms with Crippen LogP contribution in [0, 0.1) is 28.6 Å². The molecule has 0 heterocycles. The molecule has 4 aliphatic carbocycles. The lowest BCUT2D eigenvalue weighted by Crippen LogP contribution is -2.48. The Morgan fingerprint density at radius 1 is 1.22 bits per heavy atom. The van der Waals surface area contributed by atoms with Crippen LogP contribution in [-0.2, 0) is 4.79 Å². The fourth-order valence-electron chi connectivity index (χ4n) is 6.49. The van der Waals surface area contributed by atoms with Gasteiger partial charge in [0.2, 0.25) is 0 Å². The molecule has 5 atom stereocenters. The van der Waals surface area contributed by atoms with Crippen LogP contribution in [0.1, 0.15) is 52.4 Å². The van der Waals surface area contributed by atoms with E-state index in [2.05, 4.69) is 26.0 Å². The third-order valence-electron chi connectivity index (χ3n) is 7.74. The summed E-state index contributed by atoms with van der Waals surface area (Å²) in [7, 11) is 0. The highest BCUT2D eigenvalue weighted by Crippen LogP contribution is 2.65. The van der Waals surface area contributed by atoms with E-state index in [0.29, 0.717) is 11.3 Å². The molecular weight excluding hydrogens is 284 g/mol. The lowest BCUT2D eigenvalue weighted by atomic mass is 9.48. The van der Waals surface area contributed by atoms with Crippen molar-refractivity contribution in [3.05, 3.63) is 35.5 Å². The van der Waals surface area contributed by atoms with Crippen LogP contribution in [0.5, 0.6) is 0 Å². The molecule has 4 aliphatic rings. The van der Waals surface area contributed by atoms with Crippen LogP contribution < -0.4 is 0 Å². The first kappa shape index (κ1) is 15.4. The first-order valence-electron chi connectivity index (χ1n) is 9.23. The Labute approximate surface area is 139 Å². The van der Waals surface area contributed by atoms with E-state index >= 15 is 0 Å². The maximum Gasteiger partial charge on any atom is 0.178 e. The summed E-state index contributed by atoms with van der Waals surface area (Å²) < 4.78 is 0. The zero-order valence-corrected chi connectivity index (χ0v) is 14.3. The van der Waals surface area contributed by atoms with Crippen LogP contribution in [0.2, 0.25) is 0 Å². The summed E-state index contributed by atoms with van der Waals surface area (Å²) >= 11 is 0. The average molecular weight is 312 g/mol. The number of hydrogen-bond donors (Lipinski definition) is 1. The quantitative estimate of drug-likeness (QED) is 0.736. The summed E-state index contributed by atoms with van der Waals surface area (Å²) in [5.74, 6) is 2.37. The van der Waals surface area contributed by atoms with Crippen LogP contribution in [0.4, 0.5) is 0 Å². The molecule has 23 heavy (non-hydrogen) atoms. The molecule has 2 nitrogen and oxygen atoms in total. The molecule has 1 N–H and O–H groups in total. The number of rotatable bonds is 1. The molecule has 0 radical (unpaired) electrons. The predicted molar refractivity (Wildman–Crippen MR) is 91.8 cm³/mol. The van der Waals surface area contributed by atoms with Crippen molar-refractivity contribution in [2.24, 2.45) is 28.6 Å². The Bertz CT molecular complexity index is 626. The van der Waals surface area contributed by atoms with Gasteiger partial charge in [-0.15, -0.1) is 0 Å². The topological polar surface area (TPSA) is 37.3 Å². The summed E-state index contributed by atoms with van der Waals surface area (Å²) in [6.07, 6.45) is 15.2. The van der Waals surface area contributed by atoms with Crippen molar-refractivity contribution in [3.63, 3.8) is 0 Å². The van der Waals surface area contributed by atoms with E-state index in [4.69, 9.17) is 0 Å². The van der Waals surface area contributed by atoms with Gasteiger partial charge in [0.1, 0.15) is 0 Å². The summed E-state index contributed by atoms with van der Waals surface area (Å²) in [6, 6.07) is 0. The van der Waals surface area contributed by atoms with Crippen LogP contribution >= 0.6 is 0 Å². The molecule has 0 aliphatic heterocycles. The number of aliphatic hydroxyl groups is 1. The minimum atomic E-state index is 0.0988. The van der Waals surface area contributed by atoms with E-state index < -0.39 is 0 Å².